The Morgan fingerprint density at radius 1 is 1.50 bits per heavy atom. The van der Waals surface area contributed by atoms with Gasteiger partial charge in [-0.3, -0.25) is 4.79 Å². The van der Waals surface area contributed by atoms with Crippen LogP contribution in [0.15, 0.2) is 0 Å². The highest BCUT2D eigenvalue weighted by molar-refractivity contribution is 5.81. The Morgan fingerprint density at radius 3 is 2.50 bits per heavy atom. The summed E-state index contributed by atoms with van der Waals surface area (Å²) in [6, 6.07) is 1.90. The SMILES string of the molecule is CC(C)CCC(C)(C)C(=O)NCC#N. The van der Waals surface area contributed by atoms with E-state index in [1.54, 1.807) is 0 Å². The van der Waals surface area contributed by atoms with Crippen molar-refractivity contribution in [1.82, 2.24) is 5.32 Å². The maximum atomic E-state index is 11.6. The molecular weight excluding hydrogens is 176 g/mol. The smallest absolute Gasteiger partial charge is 0.226 e. The van der Waals surface area contributed by atoms with Crippen LogP contribution in [0.5, 0.6) is 0 Å². The second-order valence-electron chi connectivity index (χ2n) is 4.66. The normalized spacial score (nSPS) is 11.1. The van der Waals surface area contributed by atoms with Crippen LogP contribution in [-0.2, 0) is 4.79 Å². The highest BCUT2D eigenvalue weighted by atomic mass is 16.2. The average Bonchev–Trinajstić information content (AvgIpc) is 2.11. The van der Waals surface area contributed by atoms with Gasteiger partial charge in [0.2, 0.25) is 5.91 Å². The third-order valence-electron chi connectivity index (χ3n) is 2.29. The molecular formula is C11H20N2O. The lowest BCUT2D eigenvalue weighted by atomic mass is 9.84. The number of nitrogens with one attached hydrogen (secondary N) is 1. The molecule has 1 amide bonds. The maximum absolute atomic E-state index is 11.6. The fraction of sp³-hybridized carbons (Fsp3) is 0.818. The van der Waals surface area contributed by atoms with E-state index in [0.29, 0.717) is 5.92 Å². The first-order valence-corrected chi connectivity index (χ1v) is 5.05. The van der Waals surface area contributed by atoms with Gasteiger partial charge in [0.15, 0.2) is 0 Å². The van der Waals surface area contributed by atoms with E-state index < -0.39 is 0 Å². The van der Waals surface area contributed by atoms with Crippen molar-refractivity contribution in [2.45, 2.75) is 40.5 Å². The van der Waals surface area contributed by atoms with Gasteiger partial charge in [-0.05, 0) is 18.8 Å². The first-order chi connectivity index (χ1) is 6.40. The van der Waals surface area contributed by atoms with E-state index in [-0.39, 0.29) is 17.9 Å². The Labute approximate surface area is 86.5 Å². The van der Waals surface area contributed by atoms with E-state index >= 15 is 0 Å². The molecule has 0 bridgehead atoms. The minimum absolute atomic E-state index is 0.0281. The molecule has 0 saturated heterocycles. The lowest BCUT2D eigenvalue weighted by molar-refractivity contribution is -0.129. The van der Waals surface area contributed by atoms with Gasteiger partial charge in [-0.25, -0.2) is 0 Å². The Balaban J connectivity index is 4.04. The lowest BCUT2D eigenvalue weighted by Crippen LogP contribution is -2.37. The molecule has 0 rings (SSSR count). The molecule has 0 saturated carbocycles. The van der Waals surface area contributed by atoms with Gasteiger partial charge in [0.1, 0.15) is 6.54 Å². The predicted molar refractivity (Wildman–Crippen MR) is 56.5 cm³/mol. The van der Waals surface area contributed by atoms with Crippen LogP contribution in [0.3, 0.4) is 0 Å². The second-order valence-corrected chi connectivity index (χ2v) is 4.66. The molecule has 0 aromatic carbocycles. The van der Waals surface area contributed by atoms with Gasteiger partial charge in [-0.15, -0.1) is 0 Å². The van der Waals surface area contributed by atoms with Crippen LogP contribution in [0.25, 0.3) is 0 Å². The van der Waals surface area contributed by atoms with Gasteiger partial charge in [0.05, 0.1) is 6.07 Å². The topological polar surface area (TPSA) is 52.9 Å². The number of nitrogens with zero attached hydrogens (tertiary/aromatic N) is 1. The number of carbonyl (C=O) groups is 1. The third kappa shape index (κ3) is 4.86. The van der Waals surface area contributed by atoms with Crippen LogP contribution in [0.4, 0.5) is 0 Å². The fourth-order valence-electron chi connectivity index (χ4n) is 1.12. The fourth-order valence-corrected chi connectivity index (χ4v) is 1.12. The summed E-state index contributed by atoms with van der Waals surface area (Å²) in [4.78, 5) is 11.6. The molecule has 0 aromatic rings. The molecule has 0 heterocycles. The monoisotopic (exact) mass is 196 g/mol. The number of amides is 1. The van der Waals surface area contributed by atoms with Crippen molar-refractivity contribution >= 4 is 5.91 Å². The summed E-state index contributed by atoms with van der Waals surface area (Å²) in [5.41, 5.74) is -0.360. The van der Waals surface area contributed by atoms with Crippen molar-refractivity contribution in [3.05, 3.63) is 0 Å². The maximum Gasteiger partial charge on any atom is 0.226 e. The molecule has 0 fully saturated rings. The lowest BCUT2D eigenvalue weighted by Gasteiger charge is -2.23. The molecule has 0 aliphatic rings. The zero-order valence-electron chi connectivity index (χ0n) is 9.55. The molecule has 14 heavy (non-hydrogen) atoms. The molecule has 0 aromatic heterocycles. The minimum Gasteiger partial charge on any atom is -0.343 e. The first-order valence-electron chi connectivity index (χ1n) is 5.05. The number of hydrogen-bond acceptors (Lipinski definition) is 2. The zero-order chi connectivity index (χ0) is 11.2. The summed E-state index contributed by atoms with van der Waals surface area (Å²) >= 11 is 0. The van der Waals surface area contributed by atoms with Crippen LogP contribution >= 0.6 is 0 Å². The van der Waals surface area contributed by atoms with Crippen molar-refractivity contribution in [3.63, 3.8) is 0 Å². The van der Waals surface area contributed by atoms with Crippen molar-refractivity contribution in [3.8, 4) is 6.07 Å². The summed E-state index contributed by atoms with van der Waals surface area (Å²) < 4.78 is 0. The van der Waals surface area contributed by atoms with E-state index in [1.807, 2.05) is 19.9 Å². The highest BCUT2D eigenvalue weighted by Crippen LogP contribution is 2.24. The Hall–Kier alpha value is -1.04. The standard InChI is InChI=1S/C11H20N2O/c1-9(2)5-6-11(3,4)10(14)13-8-7-12/h9H,5-6,8H2,1-4H3,(H,13,14). The van der Waals surface area contributed by atoms with E-state index in [4.69, 9.17) is 5.26 Å². The van der Waals surface area contributed by atoms with Crippen molar-refractivity contribution in [1.29, 1.82) is 5.26 Å². The number of hydrogen-bond donors (Lipinski definition) is 1. The molecule has 0 unspecified atom stereocenters. The Bertz CT molecular complexity index is 226. The molecule has 3 heteroatoms. The molecule has 3 nitrogen and oxygen atoms in total. The number of rotatable bonds is 5. The summed E-state index contributed by atoms with van der Waals surface area (Å²) in [5, 5.41) is 10.9. The predicted octanol–water partition coefficient (Wildman–Crippen LogP) is 2.09. The number of carbonyl (C=O) groups excluding carboxylic acids is 1. The van der Waals surface area contributed by atoms with Gasteiger partial charge >= 0.3 is 0 Å². The van der Waals surface area contributed by atoms with Crippen LogP contribution in [0, 0.1) is 22.7 Å². The van der Waals surface area contributed by atoms with Crippen LogP contribution in [-0.4, -0.2) is 12.5 Å². The van der Waals surface area contributed by atoms with Gasteiger partial charge in [-0.2, -0.15) is 5.26 Å². The van der Waals surface area contributed by atoms with Crippen molar-refractivity contribution in [2.75, 3.05) is 6.54 Å². The Morgan fingerprint density at radius 2 is 2.07 bits per heavy atom. The largest absolute Gasteiger partial charge is 0.343 e. The van der Waals surface area contributed by atoms with Gasteiger partial charge in [0.25, 0.3) is 0 Å². The Kier molecular flexibility index (Phi) is 5.22. The molecule has 1 N–H and O–H groups in total. The van der Waals surface area contributed by atoms with E-state index in [0.717, 1.165) is 12.8 Å². The highest BCUT2D eigenvalue weighted by Gasteiger charge is 2.26. The number of nitriles is 1. The van der Waals surface area contributed by atoms with Gasteiger partial charge in [0, 0.05) is 5.41 Å². The molecule has 80 valence electrons. The van der Waals surface area contributed by atoms with E-state index in [2.05, 4.69) is 19.2 Å². The molecule has 0 aliphatic carbocycles. The van der Waals surface area contributed by atoms with Crippen LogP contribution < -0.4 is 5.32 Å². The van der Waals surface area contributed by atoms with Crippen molar-refractivity contribution < 1.29 is 4.79 Å². The van der Waals surface area contributed by atoms with Crippen molar-refractivity contribution in [2.24, 2.45) is 11.3 Å². The molecule has 0 aliphatic heterocycles. The van der Waals surface area contributed by atoms with E-state index in [9.17, 15) is 4.79 Å². The molecule has 0 atom stereocenters. The molecule has 0 radical (unpaired) electrons. The minimum atomic E-state index is -0.360. The summed E-state index contributed by atoms with van der Waals surface area (Å²) in [7, 11) is 0. The quantitative estimate of drug-likeness (QED) is 0.684. The first kappa shape index (κ1) is 13.0. The van der Waals surface area contributed by atoms with Crippen LogP contribution in [0.1, 0.15) is 40.5 Å². The second kappa shape index (κ2) is 5.64. The van der Waals surface area contributed by atoms with E-state index in [1.165, 1.54) is 0 Å². The zero-order valence-corrected chi connectivity index (χ0v) is 9.55. The summed E-state index contributed by atoms with van der Waals surface area (Å²) in [5.74, 6) is 0.581. The van der Waals surface area contributed by atoms with Gasteiger partial charge < -0.3 is 5.32 Å². The summed E-state index contributed by atoms with van der Waals surface area (Å²) in [6.07, 6.45) is 1.90. The average molecular weight is 196 g/mol. The van der Waals surface area contributed by atoms with Gasteiger partial charge in [-0.1, -0.05) is 27.7 Å². The van der Waals surface area contributed by atoms with Crippen LogP contribution in [0.2, 0.25) is 0 Å². The summed E-state index contributed by atoms with van der Waals surface area (Å²) in [6.45, 7) is 8.22. The molecule has 0 spiro atoms. The third-order valence-corrected chi connectivity index (χ3v) is 2.29.